The molecular formula is C9H13N3. The van der Waals surface area contributed by atoms with Crippen LogP contribution < -0.4 is 0 Å². The maximum atomic E-state index is 4.15. The normalized spacial score (nSPS) is 12.8. The van der Waals surface area contributed by atoms with Gasteiger partial charge in [0.15, 0.2) is 5.82 Å². The molecule has 0 fully saturated rings. The summed E-state index contributed by atoms with van der Waals surface area (Å²) in [6.45, 7) is 4.04. The first-order chi connectivity index (χ1) is 5.79. The van der Waals surface area contributed by atoms with Crippen molar-refractivity contribution >= 4 is 11.9 Å². The minimum atomic E-state index is 0.869. The molecule has 0 spiro atoms. The van der Waals surface area contributed by atoms with Crippen LogP contribution in [0, 0.1) is 0 Å². The molecule has 0 aliphatic heterocycles. The Hall–Kier alpha value is -1.38. The van der Waals surface area contributed by atoms with Gasteiger partial charge in [-0.25, -0.2) is 4.98 Å². The number of hydrogen-bond acceptors (Lipinski definition) is 2. The fraction of sp³-hybridized carbons (Fsp3) is 0.333. The van der Waals surface area contributed by atoms with E-state index in [0.717, 1.165) is 11.5 Å². The van der Waals surface area contributed by atoms with Crippen molar-refractivity contribution in [2.75, 3.05) is 7.05 Å². The summed E-state index contributed by atoms with van der Waals surface area (Å²) in [5.74, 6) is 0.869. The number of aromatic nitrogens is 2. The molecule has 0 radical (unpaired) electrons. The standard InChI is InChI=1S/C9H13N3/c1-4-8(2)12-6-5-11-9(12)7-10-3/h4-7H,1-3H3/b8-4-,10-7?. The van der Waals surface area contributed by atoms with E-state index in [1.807, 2.05) is 30.7 Å². The number of imidazole rings is 1. The highest BCUT2D eigenvalue weighted by atomic mass is 15.1. The zero-order valence-corrected chi connectivity index (χ0v) is 7.65. The van der Waals surface area contributed by atoms with Gasteiger partial charge in [0.25, 0.3) is 0 Å². The maximum absolute atomic E-state index is 4.15. The Morgan fingerprint density at radius 2 is 2.42 bits per heavy atom. The van der Waals surface area contributed by atoms with Crippen LogP contribution in [-0.2, 0) is 0 Å². The SMILES string of the molecule is C/C=C(/C)n1ccnc1C=NC. The van der Waals surface area contributed by atoms with E-state index in [1.165, 1.54) is 0 Å². The number of rotatable bonds is 2. The summed E-state index contributed by atoms with van der Waals surface area (Å²) in [6.07, 6.45) is 7.47. The molecule has 0 aliphatic rings. The van der Waals surface area contributed by atoms with Crippen LogP contribution in [0.25, 0.3) is 5.70 Å². The van der Waals surface area contributed by atoms with E-state index in [4.69, 9.17) is 0 Å². The molecule has 0 unspecified atom stereocenters. The van der Waals surface area contributed by atoms with Gasteiger partial charge in [0.2, 0.25) is 0 Å². The Balaban J connectivity index is 3.07. The number of hydrogen-bond donors (Lipinski definition) is 0. The van der Waals surface area contributed by atoms with Crippen molar-refractivity contribution in [1.82, 2.24) is 9.55 Å². The Morgan fingerprint density at radius 1 is 1.67 bits per heavy atom. The molecule has 12 heavy (non-hydrogen) atoms. The fourth-order valence-electron chi connectivity index (χ4n) is 0.963. The van der Waals surface area contributed by atoms with E-state index in [1.54, 1.807) is 19.5 Å². The van der Waals surface area contributed by atoms with Gasteiger partial charge in [-0.1, -0.05) is 6.08 Å². The lowest BCUT2D eigenvalue weighted by molar-refractivity contribution is 1.05. The van der Waals surface area contributed by atoms with Gasteiger partial charge < -0.3 is 4.57 Å². The lowest BCUT2D eigenvalue weighted by atomic mass is 10.4. The van der Waals surface area contributed by atoms with Gasteiger partial charge in [-0.2, -0.15) is 0 Å². The fourth-order valence-corrected chi connectivity index (χ4v) is 0.963. The molecule has 0 saturated heterocycles. The average Bonchev–Trinajstić information content (AvgIpc) is 2.52. The van der Waals surface area contributed by atoms with Crippen LogP contribution in [0.3, 0.4) is 0 Å². The van der Waals surface area contributed by atoms with Gasteiger partial charge in [0, 0.05) is 25.1 Å². The molecule has 1 rings (SSSR count). The Kier molecular flexibility index (Phi) is 2.80. The molecular weight excluding hydrogens is 150 g/mol. The lowest BCUT2D eigenvalue weighted by Crippen LogP contribution is -1.98. The third-order valence-electron chi connectivity index (χ3n) is 1.71. The van der Waals surface area contributed by atoms with Crippen LogP contribution in [0.4, 0.5) is 0 Å². The topological polar surface area (TPSA) is 30.2 Å². The van der Waals surface area contributed by atoms with Gasteiger partial charge in [-0.3, -0.25) is 4.99 Å². The van der Waals surface area contributed by atoms with E-state index in [9.17, 15) is 0 Å². The summed E-state index contributed by atoms with van der Waals surface area (Å²) >= 11 is 0. The molecule has 0 amide bonds. The smallest absolute Gasteiger partial charge is 0.154 e. The second-order valence-corrected chi connectivity index (χ2v) is 2.47. The van der Waals surface area contributed by atoms with E-state index >= 15 is 0 Å². The predicted octanol–water partition coefficient (Wildman–Crippen LogP) is 1.81. The third kappa shape index (κ3) is 1.61. The van der Waals surface area contributed by atoms with Crippen molar-refractivity contribution in [3.8, 4) is 0 Å². The van der Waals surface area contributed by atoms with Crippen molar-refractivity contribution in [2.24, 2.45) is 4.99 Å². The highest BCUT2D eigenvalue weighted by molar-refractivity contribution is 5.76. The quantitative estimate of drug-likeness (QED) is 0.611. The Labute approximate surface area is 72.5 Å². The first-order valence-corrected chi connectivity index (χ1v) is 3.88. The van der Waals surface area contributed by atoms with Crippen molar-refractivity contribution in [3.05, 3.63) is 24.3 Å². The van der Waals surface area contributed by atoms with Crippen LogP contribution in [-0.4, -0.2) is 22.8 Å². The maximum Gasteiger partial charge on any atom is 0.154 e. The largest absolute Gasteiger partial charge is 0.303 e. The molecule has 64 valence electrons. The summed E-state index contributed by atoms with van der Waals surface area (Å²) in [6, 6.07) is 0. The molecule has 0 N–H and O–H groups in total. The van der Waals surface area contributed by atoms with Gasteiger partial charge in [-0.05, 0) is 13.8 Å². The van der Waals surface area contributed by atoms with Crippen LogP contribution in [0.5, 0.6) is 0 Å². The van der Waals surface area contributed by atoms with Crippen molar-refractivity contribution in [3.63, 3.8) is 0 Å². The van der Waals surface area contributed by atoms with E-state index < -0.39 is 0 Å². The Morgan fingerprint density at radius 3 is 3.00 bits per heavy atom. The highest BCUT2D eigenvalue weighted by Crippen LogP contribution is 2.04. The van der Waals surface area contributed by atoms with Crippen LogP contribution in [0.15, 0.2) is 23.5 Å². The molecule has 1 heterocycles. The molecule has 0 saturated carbocycles. The molecule has 3 nitrogen and oxygen atoms in total. The van der Waals surface area contributed by atoms with Crippen molar-refractivity contribution in [1.29, 1.82) is 0 Å². The Bertz CT molecular complexity index is 307. The zero-order valence-electron chi connectivity index (χ0n) is 7.65. The third-order valence-corrected chi connectivity index (χ3v) is 1.71. The second kappa shape index (κ2) is 3.85. The minimum absolute atomic E-state index is 0.869. The second-order valence-electron chi connectivity index (χ2n) is 2.47. The molecule has 0 atom stereocenters. The van der Waals surface area contributed by atoms with E-state index in [2.05, 4.69) is 9.98 Å². The van der Waals surface area contributed by atoms with E-state index in [0.29, 0.717) is 0 Å². The number of allylic oxidation sites excluding steroid dienone is 2. The lowest BCUT2D eigenvalue weighted by Gasteiger charge is -2.02. The molecule has 3 heteroatoms. The molecule has 1 aromatic rings. The van der Waals surface area contributed by atoms with Gasteiger partial charge in [-0.15, -0.1) is 0 Å². The van der Waals surface area contributed by atoms with Crippen LogP contribution in [0.1, 0.15) is 19.7 Å². The van der Waals surface area contributed by atoms with Gasteiger partial charge in [0.05, 0.1) is 6.21 Å². The molecule has 1 aromatic heterocycles. The summed E-state index contributed by atoms with van der Waals surface area (Å²) in [5.41, 5.74) is 1.16. The van der Waals surface area contributed by atoms with Gasteiger partial charge >= 0.3 is 0 Å². The zero-order chi connectivity index (χ0) is 8.97. The van der Waals surface area contributed by atoms with Crippen molar-refractivity contribution in [2.45, 2.75) is 13.8 Å². The van der Waals surface area contributed by atoms with E-state index in [-0.39, 0.29) is 0 Å². The molecule has 0 aromatic carbocycles. The summed E-state index contributed by atoms with van der Waals surface area (Å²) in [4.78, 5) is 8.07. The van der Waals surface area contributed by atoms with Crippen LogP contribution in [0.2, 0.25) is 0 Å². The van der Waals surface area contributed by atoms with Crippen molar-refractivity contribution < 1.29 is 0 Å². The predicted molar refractivity (Wildman–Crippen MR) is 51.4 cm³/mol. The summed E-state index contributed by atoms with van der Waals surface area (Å²) in [5, 5.41) is 0. The number of nitrogens with zero attached hydrogens (tertiary/aromatic N) is 3. The van der Waals surface area contributed by atoms with Gasteiger partial charge in [0.1, 0.15) is 0 Å². The highest BCUT2D eigenvalue weighted by Gasteiger charge is 1.98. The number of aliphatic imine (C=N–C) groups is 1. The summed E-state index contributed by atoms with van der Waals surface area (Å²) < 4.78 is 1.99. The monoisotopic (exact) mass is 163 g/mol. The first-order valence-electron chi connectivity index (χ1n) is 3.88. The molecule has 0 bridgehead atoms. The first kappa shape index (κ1) is 8.71. The average molecular weight is 163 g/mol. The van der Waals surface area contributed by atoms with Crippen LogP contribution >= 0.6 is 0 Å². The molecule has 0 aliphatic carbocycles. The summed E-state index contributed by atoms with van der Waals surface area (Å²) in [7, 11) is 1.74. The minimum Gasteiger partial charge on any atom is -0.303 e.